The van der Waals surface area contributed by atoms with Crippen molar-refractivity contribution in [3.8, 4) is 16.8 Å². The van der Waals surface area contributed by atoms with E-state index < -0.39 is 12.0 Å². The summed E-state index contributed by atoms with van der Waals surface area (Å²) in [7, 11) is 3.97. The normalized spacial score (nSPS) is 14.8. The summed E-state index contributed by atoms with van der Waals surface area (Å²) in [5.41, 5.74) is 4.78. The van der Waals surface area contributed by atoms with Crippen molar-refractivity contribution in [3.63, 3.8) is 0 Å². The third-order valence-corrected chi connectivity index (χ3v) is 6.59. The van der Waals surface area contributed by atoms with Gasteiger partial charge in [0.25, 0.3) is 0 Å². The van der Waals surface area contributed by atoms with Crippen molar-refractivity contribution in [3.05, 3.63) is 63.0 Å². The molecule has 7 nitrogen and oxygen atoms in total. The van der Waals surface area contributed by atoms with Crippen LogP contribution in [0.25, 0.3) is 5.00 Å². The molecule has 1 aromatic carbocycles. The number of hydrogen-bond donors (Lipinski definition) is 1. The third kappa shape index (κ3) is 4.09. The van der Waals surface area contributed by atoms with Crippen molar-refractivity contribution in [2.75, 3.05) is 20.6 Å². The van der Waals surface area contributed by atoms with Gasteiger partial charge in [0.2, 0.25) is 0 Å². The van der Waals surface area contributed by atoms with E-state index in [1.807, 2.05) is 54.8 Å². The highest BCUT2D eigenvalue weighted by Gasteiger charge is 2.32. The van der Waals surface area contributed by atoms with Crippen LogP contribution in [0.15, 0.2) is 29.3 Å². The first-order valence-corrected chi connectivity index (χ1v) is 11.1. The molecule has 164 valence electrons. The second-order valence-corrected chi connectivity index (χ2v) is 9.32. The van der Waals surface area contributed by atoms with E-state index in [0.29, 0.717) is 12.4 Å². The Labute approximate surface area is 191 Å². The highest BCUT2D eigenvalue weighted by molar-refractivity contribution is 7.15. The number of fused-ring (bicyclic) bond motifs is 3. The van der Waals surface area contributed by atoms with Gasteiger partial charge >= 0.3 is 5.97 Å². The van der Waals surface area contributed by atoms with Gasteiger partial charge in [-0.3, -0.25) is 19.3 Å². The number of carboxylic acids is 1. The molecule has 0 spiro atoms. The Balaban J connectivity index is 1.86. The lowest BCUT2D eigenvalue weighted by molar-refractivity contribution is -0.137. The van der Waals surface area contributed by atoms with E-state index in [0.717, 1.165) is 38.8 Å². The van der Waals surface area contributed by atoms with Gasteiger partial charge in [-0.15, -0.1) is 21.5 Å². The van der Waals surface area contributed by atoms with E-state index in [2.05, 4.69) is 35.9 Å². The molecule has 0 fully saturated rings. The minimum absolute atomic E-state index is 0.150. The topological polar surface area (TPSA) is 83.6 Å². The van der Waals surface area contributed by atoms with Crippen LogP contribution in [0.5, 0.6) is 0 Å². The molecular weight excluding hydrogens is 422 g/mol. The molecule has 1 N–H and O–H groups in total. The maximum absolute atomic E-state index is 11.6. The van der Waals surface area contributed by atoms with E-state index in [9.17, 15) is 9.90 Å². The number of aryl methyl sites for hydroxylation is 2. The predicted octanol–water partition coefficient (Wildman–Crippen LogP) is 3.53. The highest BCUT2D eigenvalue weighted by atomic mass is 32.1. The van der Waals surface area contributed by atoms with E-state index in [1.54, 1.807) is 11.3 Å². The zero-order chi connectivity index (χ0) is 23.0. The SMILES string of the molecule is Cc1sc2c(c1C)C(c1ccc(C#CCN(C)C)cc1)=NC(CC(=O)O)c1nnc(C)n1-2. The molecule has 3 aromatic rings. The minimum Gasteiger partial charge on any atom is -0.481 e. The number of carbonyl (C=O) groups is 1. The number of carboxylic acid groups (broad SMARTS) is 1. The van der Waals surface area contributed by atoms with Crippen LogP contribution in [0.2, 0.25) is 0 Å². The first kappa shape index (κ1) is 21.9. The maximum atomic E-state index is 11.6. The Kier molecular flexibility index (Phi) is 5.96. The van der Waals surface area contributed by atoms with Gasteiger partial charge in [-0.25, -0.2) is 0 Å². The van der Waals surface area contributed by atoms with Gasteiger partial charge in [0.05, 0.1) is 18.7 Å². The number of aliphatic imine (C=N–C) groups is 1. The fraction of sp³-hybridized carbons (Fsp3) is 0.333. The molecule has 8 heteroatoms. The van der Waals surface area contributed by atoms with Crippen LogP contribution in [0, 0.1) is 32.6 Å². The van der Waals surface area contributed by atoms with Gasteiger partial charge in [0.15, 0.2) is 5.82 Å². The van der Waals surface area contributed by atoms with Crippen molar-refractivity contribution >= 4 is 23.0 Å². The second kappa shape index (κ2) is 8.69. The summed E-state index contributed by atoms with van der Waals surface area (Å²) in [6.07, 6.45) is -0.150. The summed E-state index contributed by atoms with van der Waals surface area (Å²) in [6.45, 7) is 6.75. The number of hydrogen-bond acceptors (Lipinski definition) is 6. The van der Waals surface area contributed by atoms with Gasteiger partial charge < -0.3 is 5.11 Å². The fourth-order valence-corrected chi connectivity index (χ4v) is 4.92. The first-order valence-electron chi connectivity index (χ1n) is 10.3. The number of aliphatic carboxylic acids is 1. The summed E-state index contributed by atoms with van der Waals surface area (Å²) >= 11 is 1.66. The summed E-state index contributed by atoms with van der Waals surface area (Å²) in [6, 6.07) is 7.36. The standard InChI is InChI=1S/C24H25N5O2S/c1-14-15(2)32-24-21(14)22(18-10-8-17(9-11-18)7-6-12-28(4)5)25-19(13-20(30)31)23-27-26-16(3)29(23)24/h8-11,19H,12-13H2,1-5H3,(H,30,31). The quantitative estimate of drug-likeness (QED) is 0.619. The van der Waals surface area contributed by atoms with Crippen LogP contribution in [0.3, 0.4) is 0 Å². The molecule has 0 amide bonds. The average molecular weight is 448 g/mol. The summed E-state index contributed by atoms with van der Waals surface area (Å²) < 4.78 is 1.96. The first-order chi connectivity index (χ1) is 15.3. The van der Waals surface area contributed by atoms with Crippen molar-refractivity contribution in [1.82, 2.24) is 19.7 Å². The maximum Gasteiger partial charge on any atom is 0.306 e. The van der Waals surface area contributed by atoms with Crippen molar-refractivity contribution in [2.24, 2.45) is 4.99 Å². The minimum atomic E-state index is -0.921. The van der Waals surface area contributed by atoms with Gasteiger partial charge in [0, 0.05) is 21.6 Å². The van der Waals surface area contributed by atoms with E-state index in [-0.39, 0.29) is 6.42 Å². The summed E-state index contributed by atoms with van der Waals surface area (Å²) in [5.74, 6) is 6.69. The molecule has 0 saturated heterocycles. The Morgan fingerprint density at radius 3 is 2.56 bits per heavy atom. The Morgan fingerprint density at radius 1 is 1.19 bits per heavy atom. The zero-order valence-corrected chi connectivity index (χ0v) is 19.6. The number of rotatable bonds is 4. The second-order valence-electron chi connectivity index (χ2n) is 8.11. The van der Waals surface area contributed by atoms with Gasteiger partial charge in [-0.2, -0.15) is 0 Å². The van der Waals surface area contributed by atoms with Gasteiger partial charge in [0.1, 0.15) is 16.9 Å². The molecular formula is C24H25N5O2S. The predicted molar refractivity (Wildman–Crippen MR) is 126 cm³/mol. The average Bonchev–Trinajstić information content (AvgIpc) is 3.20. The molecule has 1 unspecified atom stereocenters. The van der Waals surface area contributed by atoms with Crippen molar-refractivity contribution < 1.29 is 9.90 Å². The van der Waals surface area contributed by atoms with Crippen LogP contribution in [0.1, 0.15) is 51.2 Å². The number of benzene rings is 1. The summed E-state index contributed by atoms with van der Waals surface area (Å²) in [4.78, 5) is 19.8. The Bertz CT molecular complexity index is 1270. The summed E-state index contributed by atoms with van der Waals surface area (Å²) in [5, 5.41) is 19.0. The smallest absolute Gasteiger partial charge is 0.306 e. The molecule has 0 radical (unpaired) electrons. The molecule has 1 atom stereocenters. The van der Waals surface area contributed by atoms with Crippen LogP contribution >= 0.6 is 11.3 Å². The molecule has 2 aromatic heterocycles. The van der Waals surface area contributed by atoms with E-state index >= 15 is 0 Å². The van der Waals surface area contributed by atoms with Crippen LogP contribution in [-0.4, -0.2) is 57.1 Å². The van der Waals surface area contributed by atoms with Crippen LogP contribution in [-0.2, 0) is 4.79 Å². The lowest BCUT2D eigenvalue weighted by Gasteiger charge is -2.11. The molecule has 0 aliphatic carbocycles. The Morgan fingerprint density at radius 2 is 1.91 bits per heavy atom. The number of nitrogens with zero attached hydrogens (tertiary/aromatic N) is 5. The molecule has 0 bridgehead atoms. The molecule has 32 heavy (non-hydrogen) atoms. The molecule has 4 rings (SSSR count). The molecule has 1 aliphatic rings. The lowest BCUT2D eigenvalue weighted by atomic mass is 9.98. The van der Waals surface area contributed by atoms with Crippen LogP contribution < -0.4 is 0 Å². The van der Waals surface area contributed by atoms with Crippen LogP contribution in [0.4, 0.5) is 0 Å². The van der Waals surface area contributed by atoms with Gasteiger partial charge in [-0.1, -0.05) is 24.0 Å². The lowest BCUT2D eigenvalue weighted by Crippen LogP contribution is -2.11. The number of aromatic nitrogens is 3. The third-order valence-electron chi connectivity index (χ3n) is 5.39. The monoisotopic (exact) mass is 447 g/mol. The molecule has 1 aliphatic heterocycles. The number of thiophene rings is 1. The molecule has 3 heterocycles. The van der Waals surface area contributed by atoms with Gasteiger partial charge in [-0.05, 0) is 52.6 Å². The Hall–Kier alpha value is -3.28. The van der Waals surface area contributed by atoms with E-state index in [1.165, 1.54) is 4.88 Å². The largest absolute Gasteiger partial charge is 0.481 e. The van der Waals surface area contributed by atoms with E-state index in [4.69, 9.17) is 4.99 Å². The highest BCUT2D eigenvalue weighted by Crippen LogP contribution is 2.39. The fourth-order valence-electron chi connectivity index (χ4n) is 3.70. The van der Waals surface area contributed by atoms with Crippen molar-refractivity contribution in [2.45, 2.75) is 33.2 Å². The van der Waals surface area contributed by atoms with Crippen molar-refractivity contribution in [1.29, 1.82) is 0 Å². The molecule has 0 saturated carbocycles. The zero-order valence-electron chi connectivity index (χ0n) is 18.8.